The van der Waals surface area contributed by atoms with Crippen LogP contribution in [-0.4, -0.2) is 68.6 Å². The molecule has 0 saturated carbocycles. The zero-order valence-electron chi connectivity index (χ0n) is 22.1. The highest BCUT2D eigenvalue weighted by atomic mass is 35.5. The number of carbonyl (C=O) groups excluding carboxylic acids is 2. The minimum Gasteiger partial charge on any atom is -0.497 e. The lowest BCUT2D eigenvalue weighted by atomic mass is 9.98. The van der Waals surface area contributed by atoms with Crippen LogP contribution in [0.15, 0.2) is 77.9 Å². The van der Waals surface area contributed by atoms with Crippen LogP contribution in [0.3, 0.4) is 0 Å². The lowest BCUT2D eigenvalue weighted by molar-refractivity contribution is -0.133. The number of rotatable bonds is 10. The topological polar surface area (TPSA) is 92.7 Å². The zero-order valence-corrected chi connectivity index (χ0v) is 22.9. The van der Waals surface area contributed by atoms with Gasteiger partial charge in [-0.2, -0.15) is 5.10 Å². The third-order valence-electron chi connectivity index (χ3n) is 6.38. The fraction of sp³-hybridized carbons (Fsp3) is 0.276. The van der Waals surface area contributed by atoms with Crippen molar-refractivity contribution in [2.45, 2.75) is 12.5 Å². The van der Waals surface area contributed by atoms with Crippen LogP contribution in [0.2, 0.25) is 5.02 Å². The molecule has 10 heteroatoms. The van der Waals surface area contributed by atoms with Crippen molar-refractivity contribution in [2.75, 3.05) is 46.3 Å². The molecule has 0 bridgehead atoms. The number of urea groups is 1. The molecule has 1 heterocycles. The second-order valence-corrected chi connectivity index (χ2v) is 9.21. The number of hydrazone groups is 1. The Morgan fingerprint density at radius 2 is 1.72 bits per heavy atom. The van der Waals surface area contributed by atoms with Gasteiger partial charge in [0.15, 0.2) is 0 Å². The third kappa shape index (κ3) is 6.68. The molecule has 3 amide bonds. The molecule has 204 valence electrons. The number of hydrogen-bond donors (Lipinski definition) is 1. The second kappa shape index (κ2) is 13.1. The maximum atomic E-state index is 13.7. The van der Waals surface area contributed by atoms with Crippen molar-refractivity contribution in [1.29, 1.82) is 0 Å². The number of nitrogens with zero attached hydrogens (tertiary/aromatic N) is 3. The molecule has 0 fully saturated rings. The molecule has 4 rings (SSSR count). The van der Waals surface area contributed by atoms with E-state index >= 15 is 0 Å². The number of amides is 3. The van der Waals surface area contributed by atoms with E-state index in [9.17, 15) is 9.59 Å². The molecule has 0 spiro atoms. The molecule has 1 atom stereocenters. The lowest BCUT2D eigenvalue weighted by Crippen LogP contribution is -2.44. The van der Waals surface area contributed by atoms with Gasteiger partial charge in [0.1, 0.15) is 18.0 Å². The molecule has 0 saturated heterocycles. The summed E-state index contributed by atoms with van der Waals surface area (Å²) in [6.45, 7) is 0.240. The lowest BCUT2D eigenvalue weighted by Gasteiger charge is -2.27. The van der Waals surface area contributed by atoms with Crippen molar-refractivity contribution < 1.29 is 23.8 Å². The fourth-order valence-corrected chi connectivity index (χ4v) is 4.56. The standard InChI is InChI=1S/C29H31ClN4O5/c1-37-17-16-33(29(36)31-24-10-6-7-11-27(24)39-3)19-28(35)34-26(20-12-14-21(38-2)15-13-20)18-25(32-34)22-8-4-5-9-23(22)30/h4-15,26H,16-19H2,1-3H3,(H,31,36)/t26-/m1/s1. The number of ether oxygens (including phenoxy) is 3. The van der Waals surface area contributed by atoms with Gasteiger partial charge in [-0.3, -0.25) is 4.79 Å². The first kappa shape index (κ1) is 27.9. The van der Waals surface area contributed by atoms with Gasteiger partial charge in [-0.25, -0.2) is 9.80 Å². The number of nitrogens with one attached hydrogen (secondary N) is 1. The summed E-state index contributed by atoms with van der Waals surface area (Å²) in [6, 6.07) is 21.1. The van der Waals surface area contributed by atoms with E-state index in [-0.39, 0.29) is 31.6 Å². The average Bonchev–Trinajstić information content (AvgIpc) is 3.41. The van der Waals surface area contributed by atoms with Gasteiger partial charge < -0.3 is 24.4 Å². The molecule has 39 heavy (non-hydrogen) atoms. The zero-order chi connectivity index (χ0) is 27.8. The van der Waals surface area contributed by atoms with E-state index < -0.39 is 6.03 Å². The SMILES string of the molecule is COCCN(CC(=O)N1N=C(c2ccccc2Cl)C[C@@H]1c1ccc(OC)cc1)C(=O)Nc1ccccc1OC. The van der Waals surface area contributed by atoms with Gasteiger partial charge in [-0.05, 0) is 35.9 Å². The first-order chi connectivity index (χ1) is 18.9. The predicted molar refractivity (Wildman–Crippen MR) is 151 cm³/mol. The molecule has 1 aliphatic rings. The number of methoxy groups -OCH3 is 3. The van der Waals surface area contributed by atoms with Crippen LogP contribution >= 0.6 is 11.6 Å². The smallest absolute Gasteiger partial charge is 0.322 e. The van der Waals surface area contributed by atoms with Crippen LogP contribution in [0.25, 0.3) is 0 Å². The number of hydrogen-bond acceptors (Lipinski definition) is 6. The van der Waals surface area contributed by atoms with E-state index in [0.29, 0.717) is 34.3 Å². The Hall–Kier alpha value is -4.08. The van der Waals surface area contributed by atoms with E-state index in [0.717, 1.165) is 11.1 Å². The number of para-hydroxylation sites is 2. The summed E-state index contributed by atoms with van der Waals surface area (Å²) < 4.78 is 15.8. The monoisotopic (exact) mass is 550 g/mol. The van der Waals surface area contributed by atoms with Crippen molar-refractivity contribution in [3.8, 4) is 11.5 Å². The van der Waals surface area contributed by atoms with Gasteiger partial charge in [0.05, 0.1) is 38.3 Å². The summed E-state index contributed by atoms with van der Waals surface area (Å²) in [6.07, 6.45) is 0.466. The van der Waals surface area contributed by atoms with Gasteiger partial charge >= 0.3 is 6.03 Å². The molecule has 9 nitrogen and oxygen atoms in total. The number of benzene rings is 3. The van der Waals surface area contributed by atoms with Gasteiger partial charge in [-0.1, -0.05) is 54.1 Å². The van der Waals surface area contributed by atoms with Crippen LogP contribution in [0.5, 0.6) is 11.5 Å². The van der Waals surface area contributed by atoms with Crippen molar-refractivity contribution in [2.24, 2.45) is 5.10 Å². The first-order valence-electron chi connectivity index (χ1n) is 12.4. The summed E-state index contributed by atoms with van der Waals surface area (Å²) in [7, 11) is 4.67. The summed E-state index contributed by atoms with van der Waals surface area (Å²) in [5.41, 5.74) is 2.84. The summed E-state index contributed by atoms with van der Waals surface area (Å²) >= 11 is 6.46. The van der Waals surface area contributed by atoms with E-state index in [1.165, 1.54) is 17.0 Å². The van der Waals surface area contributed by atoms with Gasteiger partial charge in [0.2, 0.25) is 0 Å². The second-order valence-electron chi connectivity index (χ2n) is 8.80. The largest absolute Gasteiger partial charge is 0.497 e. The maximum Gasteiger partial charge on any atom is 0.322 e. The molecule has 1 N–H and O–H groups in total. The van der Waals surface area contributed by atoms with E-state index in [1.807, 2.05) is 48.5 Å². The molecule has 0 aliphatic carbocycles. The Kier molecular flexibility index (Phi) is 9.40. The molecule has 1 aliphatic heterocycles. The Labute approximate surface area is 232 Å². The van der Waals surface area contributed by atoms with Gasteiger partial charge in [0, 0.05) is 30.7 Å². The Bertz CT molecular complexity index is 1330. The molecule has 3 aromatic rings. The van der Waals surface area contributed by atoms with Crippen molar-refractivity contribution in [3.63, 3.8) is 0 Å². The van der Waals surface area contributed by atoms with Gasteiger partial charge in [-0.15, -0.1) is 0 Å². The maximum absolute atomic E-state index is 13.7. The summed E-state index contributed by atoms with van der Waals surface area (Å²) in [4.78, 5) is 28.4. The highest BCUT2D eigenvalue weighted by Crippen LogP contribution is 2.35. The molecular weight excluding hydrogens is 520 g/mol. The third-order valence-corrected chi connectivity index (χ3v) is 6.71. The minimum absolute atomic E-state index is 0.200. The minimum atomic E-state index is -0.458. The number of anilines is 1. The fourth-order valence-electron chi connectivity index (χ4n) is 4.32. The number of carbonyl (C=O) groups is 2. The van der Waals surface area contributed by atoms with Crippen LogP contribution < -0.4 is 14.8 Å². The Morgan fingerprint density at radius 1 is 1.00 bits per heavy atom. The van der Waals surface area contributed by atoms with Crippen molar-refractivity contribution >= 4 is 34.9 Å². The first-order valence-corrected chi connectivity index (χ1v) is 12.8. The molecule has 3 aromatic carbocycles. The van der Waals surface area contributed by atoms with Gasteiger partial charge in [0.25, 0.3) is 5.91 Å². The Balaban J connectivity index is 1.60. The summed E-state index contributed by atoms with van der Waals surface area (Å²) in [5.74, 6) is 0.877. The van der Waals surface area contributed by atoms with Crippen LogP contribution in [0, 0.1) is 0 Å². The van der Waals surface area contributed by atoms with E-state index in [1.54, 1.807) is 38.5 Å². The highest BCUT2D eigenvalue weighted by Gasteiger charge is 2.35. The predicted octanol–water partition coefficient (Wildman–Crippen LogP) is 5.22. The molecule has 0 unspecified atom stereocenters. The summed E-state index contributed by atoms with van der Waals surface area (Å²) in [5, 5.41) is 9.53. The molecule has 0 radical (unpaired) electrons. The van der Waals surface area contributed by atoms with Crippen LogP contribution in [0.1, 0.15) is 23.6 Å². The molecular formula is C29H31ClN4O5. The molecule has 0 aromatic heterocycles. The average molecular weight is 551 g/mol. The van der Waals surface area contributed by atoms with Crippen molar-refractivity contribution in [1.82, 2.24) is 9.91 Å². The van der Waals surface area contributed by atoms with Crippen LogP contribution in [-0.2, 0) is 9.53 Å². The van der Waals surface area contributed by atoms with E-state index in [4.69, 9.17) is 30.9 Å². The normalized spacial score (nSPS) is 14.5. The van der Waals surface area contributed by atoms with Crippen molar-refractivity contribution in [3.05, 3.63) is 88.9 Å². The number of halogens is 1. The quantitative estimate of drug-likeness (QED) is 0.374. The van der Waals surface area contributed by atoms with Crippen LogP contribution in [0.4, 0.5) is 10.5 Å². The Morgan fingerprint density at radius 3 is 2.41 bits per heavy atom. The highest BCUT2D eigenvalue weighted by molar-refractivity contribution is 6.34. The van der Waals surface area contributed by atoms with E-state index in [2.05, 4.69) is 5.32 Å².